The third kappa shape index (κ3) is 3.13. The van der Waals surface area contributed by atoms with Crippen LogP contribution in [0.1, 0.15) is 22.4 Å². The van der Waals surface area contributed by atoms with Crippen molar-refractivity contribution in [2.75, 3.05) is 0 Å². The molecule has 23 heavy (non-hydrogen) atoms. The Kier molecular flexibility index (Phi) is 3.68. The van der Waals surface area contributed by atoms with Gasteiger partial charge in [0.05, 0.1) is 0 Å². The molecule has 0 radical (unpaired) electrons. The minimum atomic E-state index is 0.0594. The molecule has 5 heteroatoms. The molecule has 0 amide bonds. The van der Waals surface area contributed by atoms with Crippen LogP contribution in [0.5, 0.6) is 0 Å². The Morgan fingerprint density at radius 1 is 0.826 bits per heavy atom. The average molecular weight is 303 g/mol. The molecule has 3 rings (SSSR count). The number of hydrogen-bond acceptors (Lipinski definition) is 2. The van der Waals surface area contributed by atoms with Gasteiger partial charge in [0.15, 0.2) is 0 Å². The molecule has 114 valence electrons. The molecular weight excluding hydrogens is 286 g/mol. The van der Waals surface area contributed by atoms with Gasteiger partial charge in [-0.1, -0.05) is 42.5 Å². The molecule has 0 aliphatic heterocycles. The number of fused-ring (bicyclic) bond motifs is 1. The molecule has 5 nitrogen and oxygen atoms in total. The smallest absolute Gasteiger partial charge is 0.122 e. The van der Waals surface area contributed by atoms with Crippen LogP contribution >= 0.6 is 0 Å². The van der Waals surface area contributed by atoms with Crippen molar-refractivity contribution in [3.63, 3.8) is 0 Å². The topological polar surface area (TPSA) is 116 Å². The second-order valence-corrected chi connectivity index (χ2v) is 5.31. The van der Waals surface area contributed by atoms with E-state index in [1.165, 1.54) is 0 Å². The summed E-state index contributed by atoms with van der Waals surface area (Å²) in [6.07, 6.45) is 3.97. The number of aromatic nitrogens is 1. The van der Waals surface area contributed by atoms with Gasteiger partial charge >= 0.3 is 0 Å². The monoisotopic (exact) mass is 303 g/mol. The number of nitrogens with two attached hydrogens (primary N) is 2. The summed E-state index contributed by atoms with van der Waals surface area (Å²) in [4.78, 5) is 3.30. The molecule has 1 heterocycles. The van der Waals surface area contributed by atoms with E-state index in [1.54, 1.807) is 0 Å². The summed E-state index contributed by atoms with van der Waals surface area (Å²) in [5, 5.41) is 15.9. The highest BCUT2D eigenvalue weighted by atomic mass is 14.7. The number of aromatic amines is 1. The number of hydrogen-bond donors (Lipinski definition) is 5. The summed E-state index contributed by atoms with van der Waals surface area (Å²) in [7, 11) is 0. The molecule has 0 bridgehead atoms. The first kappa shape index (κ1) is 14.6. The van der Waals surface area contributed by atoms with Crippen molar-refractivity contribution in [3.05, 3.63) is 70.9 Å². The molecule has 0 spiro atoms. The minimum Gasteiger partial charge on any atom is -0.384 e. The predicted molar refractivity (Wildman–Crippen MR) is 95.7 cm³/mol. The van der Waals surface area contributed by atoms with Crippen LogP contribution in [-0.4, -0.2) is 16.7 Å². The maximum atomic E-state index is 7.48. The summed E-state index contributed by atoms with van der Waals surface area (Å²) in [5.74, 6) is 0.126. The summed E-state index contributed by atoms with van der Waals surface area (Å²) in [6, 6.07) is 15.2. The Labute approximate surface area is 133 Å². The first-order valence-corrected chi connectivity index (χ1v) is 7.12. The van der Waals surface area contributed by atoms with E-state index in [0.717, 1.165) is 22.2 Å². The predicted octanol–water partition coefficient (Wildman–Crippen LogP) is 2.91. The van der Waals surface area contributed by atoms with Gasteiger partial charge in [0.1, 0.15) is 11.7 Å². The van der Waals surface area contributed by atoms with E-state index in [2.05, 4.69) is 4.98 Å². The highest BCUT2D eigenvalue weighted by molar-refractivity contribution is 5.99. The molecule has 0 unspecified atom stereocenters. The Bertz CT molecular complexity index is 916. The van der Waals surface area contributed by atoms with Gasteiger partial charge in [-0.2, -0.15) is 0 Å². The summed E-state index contributed by atoms with van der Waals surface area (Å²) < 4.78 is 0. The Morgan fingerprint density at radius 2 is 1.48 bits per heavy atom. The number of H-pyrrole nitrogens is 1. The van der Waals surface area contributed by atoms with Gasteiger partial charge in [0.2, 0.25) is 0 Å². The largest absolute Gasteiger partial charge is 0.384 e. The second kappa shape index (κ2) is 5.81. The first-order chi connectivity index (χ1) is 11.0. The maximum Gasteiger partial charge on any atom is 0.122 e. The van der Waals surface area contributed by atoms with Crippen molar-refractivity contribution >= 4 is 34.7 Å². The lowest BCUT2D eigenvalue weighted by atomic mass is 10.1. The van der Waals surface area contributed by atoms with Crippen LogP contribution in [0.2, 0.25) is 0 Å². The van der Waals surface area contributed by atoms with E-state index in [9.17, 15) is 0 Å². The van der Waals surface area contributed by atoms with E-state index in [4.69, 9.17) is 22.3 Å². The fourth-order valence-corrected chi connectivity index (χ4v) is 2.37. The van der Waals surface area contributed by atoms with E-state index in [1.807, 2.05) is 60.7 Å². The van der Waals surface area contributed by atoms with Crippen LogP contribution in [0, 0.1) is 10.8 Å². The van der Waals surface area contributed by atoms with Crippen molar-refractivity contribution < 1.29 is 0 Å². The van der Waals surface area contributed by atoms with Crippen molar-refractivity contribution in [1.29, 1.82) is 10.8 Å². The highest BCUT2D eigenvalue weighted by Gasteiger charge is 2.02. The zero-order valence-electron chi connectivity index (χ0n) is 12.4. The molecule has 0 saturated carbocycles. The molecule has 7 N–H and O–H groups in total. The Morgan fingerprint density at radius 3 is 2.13 bits per heavy atom. The number of benzene rings is 2. The second-order valence-electron chi connectivity index (χ2n) is 5.31. The minimum absolute atomic E-state index is 0.0594. The van der Waals surface area contributed by atoms with Crippen LogP contribution in [0.25, 0.3) is 23.1 Å². The zero-order chi connectivity index (χ0) is 16.4. The van der Waals surface area contributed by atoms with Crippen molar-refractivity contribution in [2.45, 2.75) is 0 Å². The molecule has 3 aromatic rings. The molecule has 0 saturated heterocycles. The van der Waals surface area contributed by atoms with E-state index < -0.39 is 0 Å². The van der Waals surface area contributed by atoms with Crippen LogP contribution in [0.15, 0.2) is 48.5 Å². The van der Waals surface area contributed by atoms with Gasteiger partial charge in [-0.25, -0.2) is 0 Å². The van der Waals surface area contributed by atoms with E-state index in [0.29, 0.717) is 11.1 Å². The first-order valence-electron chi connectivity index (χ1n) is 7.12. The lowest BCUT2D eigenvalue weighted by molar-refractivity contribution is 1.41. The maximum absolute atomic E-state index is 7.48. The lowest BCUT2D eigenvalue weighted by Crippen LogP contribution is -2.10. The molecule has 0 fully saturated rings. The molecule has 2 aromatic carbocycles. The number of amidine groups is 2. The fraction of sp³-hybridized carbons (Fsp3) is 0. The Hall–Kier alpha value is -3.34. The SMILES string of the molecule is N=C(N)c1ccc(/C=C/c2cc3ccc(C(=N)N)cc3[nH]2)cc1. The number of nitrogens with one attached hydrogen (secondary N) is 3. The number of nitrogen functional groups attached to an aromatic ring is 2. The third-order valence-corrected chi connectivity index (χ3v) is 3.63. The van der Waals surface area contributed by atoms with E-state index >= 15 is 0 Å². The van der Waals surface area contributed by atoms with Gasteiger partial charge in [0.25, 0.3) is 0 Å². The fourth-order valence-electron chi connectivity index (χ4n) is 2.37. The van der Waals surface area contributed by atoms with Gasteiger partial charge in [-0.3, -0.25) is 10.8 Å². The molecule has 0 atom stereocenters. The van der Waals surface area contributed by atoms with Gasteiger partial charge < -0.3 is 16.5 Å². The lowest BCUT2D eigenvalue weighted by Gasteiger charge is -1.98. The van der Waals surface area contributed by atoms with Crippen molar-refractivity contribution in [1.82, 2.24) is 4.98 Å². The molecule has 1 aromatic heterocycles. The van der Waals surface area contributed by atoms with Gasteiger partial charge in [-0.05, 0) is 23.8 Å². The van der Waals surface area contributed by atoms with Gasteiger partial charge in [0, 0.05) is 27.7 Å². The summed E-state index contributed by atoms with van der Waals surface area (Å²) in [5.41, 5.74) is 15.3. The van der Waals surface area contributed by atoms with Crippen LogP contribution < -0.4 is 11.5 Å². The van der Waals surface area contributed by atoms with E-state index in [-0.39, 0.29) is 11.7 Å². The number of rotatable bonds is 4. The molecule has 0 aliphatic rings. The normalized spacial score (nSPS) is 11.1. The summed E-state index contributed by atoms with van der Waals surface area (Å²) >= 11 is 0. The Balaban J connectivity index is 1.85. The van der Waals surface area contributed by atoms with Crippen LogP contribution in [0.4, 0.5) is 0 Å². The van der Waals surface area contributed by atoms with Crippen LogP contribution in [0.3, 0.4) is 0 Å². The summed E-state index contributed by atoms with van der Waals surface area (Å²) in [6.45, 7) is 0. The standard InChI is InChI=1S/C18H17N5/c19-17(20)12-4-1-11(2-5-12)3-8-15-9-13-6-7-14(18(21)22)10-16(13)23-15/h1-10,23H,(H3,19,20)(H3,21,22)/b8-3+. The highest BCUT2D eigenvalue weighted by Crippen LogP contribution is 2.19. The van der Waals surface area contributed by atoms with Gasteiger partial charge in [-0.15, -0.1) is 0 Å². The van der Waals surface area contributed by atoms with Crippen LogP contribution in [-0.2, 0) is 0 Å². The molecule has 0 aliphatic carbocycles. The average Bonchev–Trinajstić information content (AvgIpc) is 2.95. The molecular formula is C18H17N5. The van der Waals surface area contributed by atoms with Crippen molar-refractivity contribution in [2.24, 2.45) is 11.5 Å². The third-order valence-electron chi connectivity index (χ3n) is 3.63. The quantitative estimate of drug-likeness (QED) is 0.376. The van der Waals surface area contributed by atoms with Crippen molar-refractivity contribution in [3.8, 4) is 0 Å². The zero-order valence-corrected chi connectivity index (χ0v) is 12.4.